The van der Waals surface area contributed by atoms with Crippen LogP contribution < -0.4 is 5.32 Å². The van der Waals surface area contributed by atoms with E-state index in [1.807, 2.05) is 31.2 Å². The van der Waals surface area contributed by atoms with Gasteiger partial charge in [-0.05, 0) is 38.0 Å². The Hall–Kier alpha value is -2.03. The summed E-state index contributed by atoms with van der Waals surface area (Å²) < 4.78 is 12.7. The predicted octanol–water partition coefficient (Wildman–Crippen LogP) is 3.52. The molecule has 0 amide bonds. The summed E-state index contributed by atoms with van der Waals surface area (Å²) >= 11 is 5.21. The molecule has 2 N–H and O–H groups in total. The minimum Gasteiger partial charge on any atom is -0.493 e. The first-order chi connectivity index (χ1) is 12.7. The maximum Gasteiger partial charge on any atom is 0.220 e. The molecular formula is C18H24N4O3S. The second-order valence-corrected chi connectivity index (χ2v) is 6.45. The van der Waals surface area contributed by atoms with Gasteiger partial charge in [0, 0.05) is 31.7 Å². The van der Waals surface area contributed by atoms with Gasteiger partial charge in [0.15, 0.2) is 5.69 Å². The van der Waals surface area contributed by atoms with Crippen LogP contribution in [0.1, 0.15) is 19.8 Å². The van der Waals surface area contributed by atoms with Gasteiger partial charge in [0.25, 0.3) is 0 Å². The second kappa shape index (κ2) is 9.07. The van der Waals surface area contributed by atoms with Crippen molar-refractivity contribution in [3.05, 3.63) is 24.3 Å². The minimum atomic E-state index is 0.0663. The first-order valence-corrected chi connectivity index (χ1v) is 9.30. The van der Waals surface area contributed by atoms with Gasteiger partial charge in [-0.2, -0.15) is 0 Å². The predicted molar refractivity (Wildman–Crippen MR) is 104 cm³/mol. The molecule has 2 heterocycles. The number of nitrogens with zero attached hydrogens (tertiary/aromatic N) is 3. The highest BCUT2D eigenvalue weighted by atomic mass is 32.1. The third-order valence-electron chi connectivity index (χ3n) is 4.33. The molecule has 0 spiro atoms. The van der Waals surface area contributed by atoms with Crippen molar-refractivity contribution in [2.75, 3.05) is 26.4 Å². The number of hydrogen-bond acceptors (Lipinski definition) is 5. The van der Waals surface area contributed by atoms with Crippen molar-refractivity contribution >= 4 is 33.9 Å². The Kier molecular flexibility index (Phi) is 6.54. The average Bonchev–Trinajstić information content (AvgIpc) is 3.26. The number of rotatable bonds is 7. The van der Waals surface area contributed by atoms with E-state index in [-0.39, 0.29) is 17.1 Å². The van der Waals surface area contributed by atoms with Crippen LogP contribution in [0.4, 0.5) is 5.69 Å². The number of aromatic hydroxyl groups is 1. The molecule has 26 heavy (non-hydrogen) atoms. The lowest BCUT2D eigenvalue weighted by molar-refractivity contribution is 0.114. The Morgan fingerprint density at radius 2 is 2.31 bits per heavy atom. The van der Waals surface area contributed by atoms with Gasteiger partial charge >= 0.3 is 0 Å². The normalized spacial score (nSPS) is 17.3. The molecule has 1 fully saturated rings. The third-order valence-corrected chi connectivity index (χ3v) is 4.55. The zero-order valence-electron chi connectivity index (χ0n) is 14.9. The topological polar surface area (TPSA) is 80.4 Å². The first-order valence-electron chi connectivity index (χ1n) is 8.89. The standard InChI is InChI=1S/C18H24N4O3S/c1-2-24-11-9-22-15-8-4-3-7-14(15)16(17(22)23)20-21-18(26)19-12-13-6-5-10-25-13/h3-4,7-8,13,23H,2,5-6,9-12H2,1H3,(H,19,26)/t13-/m1/s1. The van der Waals surface area contributed by atoms with Crippen molar-refractivity contribution in [2.45, 2.75) is 32.4 Å². The molecular weight excluding hydrogens is 352 g/mol. The summed E-state index contributed by atoms with van der Waals surface area (Å²) in [5, 5.41) is 23.0. The molecule has 0 radical (unpaired) electrons. The third kappa shape index (κ3) is 4.38. The summed E-state index contributed by atoms with van der Waals surface area (Å²) in [6.07, 6.45) is 2.29. The van der Waals surface area contributed by atoms with Crippen molar-refractivity contribution in [3.8, 4) is 5.88 Å². The molecule has 0 unspecified atom stereocenters. The maximum absolute atomic E-state index is 10.6. The number of benzene rings is 1. The average molecular weight is 376 g/mol. The zero-order valence-corrected chi connectivity index (χ0v) is 15.7. The van der Waals surface area contributed by atoms with E-state index in [0.29, 0.717) is 32.0 Å². The van der Waals surface area contributed by atoms with E-state index in [1.54, 1.807) is 4.57 Å². The van der Waals surface area contributed by atoms with Gasteiger partial charge < -0.3 is 24.5 Å². The second-order valence-electron chi connectivity index (χ2n) is 6.06. The Bertz CT molecular complexity index is 784. The van der Waals surface area contributed by atoms with E-state index in [4.69, 9.17) is 21.7 Å². The number of ether oxygens (including phenoxy) is 2. The van der Waals surface area contributed by atoms with Crippen molar-refractivity contribution < 1.29 is 14.6 Å². The molecule has 1 saturated heterocycles. The summed E-state index contributed by atoms with van der Waals surface area (Å²) in [4.78, 5) is 0. The van der Waals surface area contributed by atoms with Crippen LogP contribution in [-0.2, 0) is 16.0 Å². The quantitative estimate of drug-likeness (QED) is 0.439. The summed E-state index contributed by atoms with van der Waals surface area (Å²) in [5.74, 6) is 0.0663. The monoisotopic (exact) mass is 376 g/mol. The lowest BCUT2D eigenvalue weighted by Gasteiger charge is -2.09. The van der Waals surface area contributed by atoms with Crippen molar-refractivity contribution in [2.24, 2.45) is 10.2 Å². The van der Waals surface area contributed by atoms with E-state index in [9.17, 15) is 5.11 Å². The Morgan fingerprint density at radius 1 is 1.46 bits per heavy atom. The molecule has 1 aromatic heterocycles. The van der Waals surface area contributed by atoms with Gasteiger partial charge in [-0.1, -0.05) is 18.2 Å². The summed E-state index contributed by atoms with van der Waals surface area (Å²) in [6.45, 7) is 5.06. The number of nitrogens with one attached hydrogen (secondary N) is 1. The highest BCUT2D eigenvalue weighted by molar-refractivity contribution is 7.80. The van der Waals surface area contributed by atoms with Crippen LogP contribution in [0.15, 0.2) is 34.5 Å². The maximum atomic E-state index is 10.6. The lowest BCUT2D eigenvalue weighted by atomic mass is 10.2. The van der Waals surface area contributed by atoms with E-state index in [1.165, 1.54) is 0 Å². The van der Waals surface area contributed by atoms with Crippen LogP contribution in [0, 0.1) is 0 Å². The highest BCUT2D eigenvalue weighted by Gasteiger charge is 2.17. The molecule has 0 aliphatic carbocycles. The molecule has 7 nitrogen and oxygen atoms in total. The van der Waals surface area contributed by atoms with Crippen LogP contribution in [-0.4, -0.2) is 47.3 Å². The van der Waals surface area contributed by atoms with E-state index < -0.39 is 0 Å². The van der Waals surface area contributed by atoms with Crippen molar-refractivity contribution in [1.82, 2.24) is 9.88 Å². The lowest BCUT2D eigenvalue weighted by Crippen LogP contribution is -2.29. The Labute approximate surface area is 158 Å². The fourth-order valence-corrected chi connectivity index (χ4v) is 3.16. The summed E-state index contributed by atoms with van der Waals surface area (Å²) in [7, 11) is 0. The van der Waals surface area contributed by atoms with Gasteiger partial charge in [-0.3, -0.25) is 0 Å². The van der Waals surface area contributed by atoms with Gasteiger partial charge in [0.2, 0.25) is 11.0 Å². The molecule has 0 bridgehead atoms. The van der Waals surface area contributed by atoms with Gasteiger partial charge in [-0.25, -0.2) is 0 Å². The van der Waals surface area contributed by atoms with Crippen molar-refractivity contribution in [1.29, 1.82) is 0 Å². The molecule has 8 heteroatoms. The van der Waals surface area contributed by atoms with Gasteiger partial charge in [-0.15, -0.1) is 10.2 Å². The highest BCUT2D eigenvalue weighted by Crippen LogP contribution is 2.38. The van der Waals surface area contributed by atoms with Crippen LogP contribution >= 0.6 is 12.2 Å². The molecule has 3 rings (SSSR count). The molecule has 1 aliphatic heterocycles. The van der Waals surface area contributed by atoms with Gasteiger partial charge in [0.05, 0.1) is 18.2 Å². The van der Waals surface area contributed by atoms with Crippen LogP contribution in [0.2, 0.25) is 0 Å². The van der Waals surface area contributed by atoms with Crippen molar-refractivity contribution in [3.63, 3.8) is 0 Å². The SMILES string of the molecule is CCOCCn1c(O)c(N=NC(=S)NC[C@H]2CCCO2)c2ccccc21. The largest absolute Gasteiger partial charge is 0.493 e. The first kappa shape index (κ1) is 18.8. The van der Waals surface area contributed by atoms with E-state index in [0.717, 1.165) is 30.4 Å². The molecule has 140 valence electrons. The van der Waals surface area contributed by atoms with E-state index >= 15 is 0 Å². The smallest absolute Gasteiger partial charge is 0.220 e. The Balaban J connectivity index is 1.73. The zero-order chi connectivity index (χ0) is 18.4. The molecule has 0 saturated carbocycles. The number of thiocarbonyl (C=S) groups is 1. The Morgan fingerprint density at radius 3 is 3.08 bits per heavy atom. The number of hydrogen-bond donors (Lipinski definition) is 2. The molecule has 1 aliphatic rings. The number of azo groups is 1. The number of para-hydroxylation sites is 1. The number of fused-ring (bicyclic) bond motifs is 1. The molecule has 1 aromatic carbocycles. The molecule has 1 atom stereocenters. The van der Waals surface area contributed by atoms with Crippen LogP contribution in [0.25, 0.3) is 10.9 Å². The van der Waals surface area contributed by atoms with Gasteiger partial charge in [0.1, 0.15) is 0 Å². The van der Waals surface area contributed by atoms with E-state index in [2.05, 4.69) is 15.5 Å². The fraction of sp³-hybridized carbons (Fsp3) is 0.500. The summed E-state index contributed by atoms with van der Waals surface area (Å²) in [5.41, 5.74) is 1.30. The summed E-state index contributed by atoms with van der Waals surface area (Å²) in [6, 6.07) is 7.67. The van der Waals surface area contributed by atoms with Crippen LogP contribution in [0.3, 0.4) is 0 Å². The number of aromatic nitrogens is 1. The molecule has 2 aromatic rings. The van der Waals surface area contributed by atoms with Crippen LogP contribution in [0.5, 0.6) is 5.88 Å². The minimum absolute atomic E-state index is 0.0663. The fourth-order valence-electron chi connectivity index (χ4n) is 3.03.